The molecule has 0 aliphatic rings. The number of aryl methyl sites for hydroxylation is 1. The van der Waals surface area contributed by atoms with Crippen molar-refractivity contribution in [1.82, 2.24) is 4.90 Å². The third-order valence-electron chi connectivity index (χ3n) is 3.30. The molecule has 0 aliphatic carbocycles. The number of hydrogen-bond donors (Lipinski definition) is 0. The van der Waals surface area contributed by atoms with E-state index in [0.717, 1.165) is 25.1 Å². The molecule has 0 amide bonds. The molecule has 0 saturated carbocycles. The number of carbonyl (C=O) groups is 1. The fourth-order valence-corrected chi connectivity index (χ4v) is 2.46. The van der Waals surface area contributed by atoms with Gasteiger partial charge in [-0.05, 0) is 23.8 Å². The van der Waals surface area contributed by atoms with Crippen LogP contribution in [0.3, 0.4) is 0 Å². The summed E-state index contributed by atoms with van der Waals surface area (Å²) >= 11 is 0. The van der Waals surface area contributed by atoms with Crippen LogP contribution in [-0.2, 0) is 6.42 Å². The van der Waals surface area contributed by atoms with Gasteiger partial charge in [-0.15, -0.1) is 0 Å². The molecule has 0 heterocycles. The van der Waals surface area contributed by atoms with Gasteiger partial charge in [-0.3, -0.25) is 9.69 Å². The van der Waals surface area contributed by atoms with E-state index >= 15 is 0 Å². The van der Waals surface area contributed by atoms with Gasteiger partial charge in [0.15, 0.2) is 5.78 Å². The van der Waals surface area contributed by atoms with Crippen molar-refractivity contribution in [2.24, 2.45) is 11.8 Å². The zero-order chi connectivity index (χ0) is 15.1. The van der Waals surface area contributed by atoms with Gasteiger partial charge >= 0.3 is 0 Å². The van der Waals surface area contributed by atoms with Crippen LogP contribution in [0, 0.1) is 11.8 Å². The zero-order valence-corrected chi connectivity index (χ0v) is 13.6. The molecule has 0 N–H and O–H groups in total. The molecule has 1 aromatic carbocycles. The van der Waals surface area contributed by atoms with E-state index in [1.165, 1.54) is 5.56 Å². The fraction of sp³-hybridized carbons (Fsp3) is 0.611. The Hall–Kier alpha value is -1.15. The maximum absolute atomic E-state index is 12.4. The van der Waals surface area contributed by atoms with E-state index in [9.17, 15) is 4.79 Å². The van der Waals surface area contributed by atoms with Crippen LogP contribution in [0.25, 0.3) is 0 Å². The van der Waals surface area contributed by atoms with Crippen LogP contribution < -0.4 is 0 Å². The van der Waals surface area contributed by atoms with Crippen molar-refractivity contribution < 1.29 is 4.79 Å². The van der Waals surface area contributed by atoms with Gasteiger partial charge in [0, 0.05) is 18.7 Å². The van der Waals surface area contributed by atoms with Crippen molar-refractivity contribution in [3.05, 3.63) is 35.4 Å². The minimum atomic E-state index is 0.231. The summed E-state index contributed by atoms with van der Waals surface area (Å²) in [4.78, 5) is 14.7. The maximum atomic E-state index is 12.4. The molecule has 0 radical (unpaired) electrons. The third-order valence-corrected chi connectivity index (χ3v) is 3.30. The van der Waals surface area contributed by atoms with Gasteiger partial charge in [-0.1, -0.05) is 58.9 Å². The van der Waals surface area contributed by atoms with Crippen molar-refractivity contribution in [2.75, 3.05) is 19.6 Å². The fourth-order valence-electron chi connectivity index (χ4n) is 2.46. The first-order chi connectivity index (χ1) is 9.42. The Morgan fingerprint density at radius 3 is 1.90 bits per heavy atom. The molecule has 2 nitrogen and oxygen atoms in total. The number of benzene rings is 1. The van der Waals surface area contributed by atoms with Crippen molar-refractivity contribution in [2.45, 2.75) is 41.0 Å². The molecule has 0 aromatic heterocycles. The molecule has 0 unspecified atom stereocenters. The molecule has 1 aromatic rings. The smallest absolute Gasteiger partial charge is 0.176 e. The highest BCUT2D eigenvalue weighted by molar-refractivity contribution is 5.97. The first-order valence-corrected chi connectivity index (χ1v) is 7.76. The normalized spacial score (nSPS) is 11.6. The Morgan fingerprint density at radius 1 is 1.00 bits per heavy atom. The number of carbonyl (C=O) groups excluding carboxylic acids is 1. The van der Waals surface area contributed by atoms with Gasteiger partial charge in [0.05, 0.1) is 6.54 Å². The monoisotopic (exact) mass is 275 g/mol. The lowest BCUT2D eigenvalue weighted by Crippen LogP contribution is -2.35. The van der Waals surface area contributed by atoms with Crippen molar-refractivity contribution >= 4 is 5.78 Å². The zero-order valence-electron chi connectivity index (χ0n) is 13.6. The number of rotatable bonds is 8. The molecule has 112 valence electrons. The lowest BCUT2D eigenvalue weighted by atomic mass is 10.1. The number of hydrogen-bond acceptors (Lipinski definition) is 2. The van der Waals surface area contributed by atoms with Gasteiger partial charge in [0.25, 0.3) is 0 Å². The highest BCUT2D eigenvalue weighted by Crippen LogP contribution is 2.09. The van der Waals surface area contributed by atoms with E-state index in [0.29, 0.717) is 18.4 Å². The van der Waals surface area contributed by atoms with E-state index < -0.39 is 0 Å². The molecule has 0 bridgehead atoms. The van der Waals surface area contributed by atoms with E-state index in [-0.39, 0.29) is 5.78 Å². The number of ketones is 1. The molecule has 0 fully saturated rings. The largest absolute Gasteiger partial charge is 0.295 e. The molecule has 1 rings (SSSR count). The Morgan fingerprint density at radius 2 is 1.50 bits per heavy atom. The van der Waals surface area contributed by atoms with E-state index in [1.54, 1.807) is 0 Å². The SMILES string of the molecule is CCc1ccc(C(=O)CN(CC(C)C)CC(C)C)cc1. The first-order valence-electron chi connectivity index (χ1n) is 7.76. The van der Waals surface area contributed by atoms with Crippen molar-refractivity contribution in [3.8, 4) is 0 Å². The molecule has 0 saturated heterocycles. The van der Waals surface area contributed by atoms with Gasteiger partial charge in [0.2, 0.25) is 0 Å². The average Bonchev–Trinajstić information content (AvgIpc) is 2.37. The Labute approximate surface area is 124 Å². The lowest BCUT2D eigenvalue weighted by molar-refractivity contribution is 0.0912. The molecular formula is C18H29NO. The van der Waals surface area contributed by atoms with E-state index in [4.69, 9.17) is 0 Å². The minimum absolute atomic E-state index is 0.231. The summed E-state index contributed by atoms with van der Waals surface area (Å²) < 4.78 is 0. The molecular weight excluding hydrogens is 246 g/mol. The third kappa shape index (κ3) is 5.87. The quantitative estimate of drug-likeness (QED) is 0.667. The van der Waals surface area contributed by atoms with Gasteiger partial charge in [0.1, 0.15) is 0 Å². The first kappa shape index (κ1) is 16.9. The lowest BCUT2D eigenvalue weighted by Gasteiger charge is -2.25. The van der Waals surface area contributed by atoms with Gasteiger partial charge < -0.3 is 0 Å². The molecule has 0 spiro atoms. The van der Waals surface area contributed by atoms with Crippen LogP contribution in [0.5, 0.6) is 0 Å². The van der Waals surface area contributed by atoms with Gasteiger partial charge in [-0.25, -0.2) is 0 Å². The van der Waals surface area contributed by atoms with Crippen LogP contribution in [0.4, 0.5) is 0 Å². The highest BCUT2D eigenvalue weighted by atomic mass is 16.1. The summed E-state index contributed by atoms with van der Waals surface area (Å²) in [6.45, 7) is 13.4. The second-order valence-electron chi connectivity index (χ2n) is 6.46. The van der Waals surface area contributed by atoms with Crippen LogP contribution in [0.15, 0.2) is 24.3 Å². The van der Waals surface area contributed by atoms with Crippen LogP contribution in [0.1, 0.15) is 50.5 Å². The Kier molecular flexibility index (Phi) is 6.94. The van der Waals surface area contributed by atoms with Gasteiger partial charge in [-0.2, -0.15) is 0 Å². The predicted molar refractivity (Wildman–Crippen MR) is 86.3 cm³/mol. The molecule has 0 atom stereocenters. The Bertz CT molecular complexity index is 396. The highest BCUT2D eigenvalue weighted by Gasteiger charge is 2.15. The second kappa shape index (κ2) is 8.21. The summed E-state index contributed by atoms with van der Waals surface area (Å²) in [6, 6.07) is 8.04. The molecule has 0 aliphatic heterocycles. The topological polar surface area (TPSA) is 20.3 Å². The average molecular weight is 275 g/mol. The van der Waals surface area contributed by atoms with E-state index in [2.05, 4.69) is 51.7 Å². The summed E-state index contributed by atoms with van der Waals surface area (Å²) in [5.41, 5.74) is 2.11. The molecule has 2 heteroatoms. The predicted octanol–water partition coefficient (Wildman–Crippen LogP) is 4.05. The number of Topliss-reactive ketones (excluding diaryl/α,β-unsaturated/α-hetero) is 1. The number of nitrogens with zero attached hydrogens (tertiary/aromatic N) is 1. The summed E-state index contributed by atoms with van der Waals surface area (Å²) in [7, 11) is 0. The summed E-state index contributed by atoms with van der Waals surface area (Å²) in [5, 5.41) is 0. The van der Waals surface area contributed by atoms with Crippen molar-refractivity contribution in [3.63, 3.8) is 0 Å². The Balaban J connectivity index is 2.68. The van der Waals surface area contributed by atoms with Crippen molar-refractivity contribution in [1.29, 1.82) is 0 Å². The summed E-state index contributed by atoms with van der Waals surface area (Å²) in [5.74, 6) is 1.40. The van der Waals surface area contributed by atoms with Crippen LogP contribution >= 0.6 is 0 Å². The maximum Gasteiger partial charge on any atom is 0.176 e. The van der Waals surface area contributed by atoms with Crippen LogP contribution in [0.2, 0.25) is 0 Å². The minimum Gasteiger partial charge on any atom is -0.295 e. The molecule has 20 heavy (non-hydrogen) atoms. The second-order valence-corrected chi connectivity index (χ2v) is 6.46. The van der Waals surface area contributed by atoms with Crippen LogP contribution in [-0.4, -0.2) is 30.3 Å². The summed E-state index contributed by atoms with van der Waals surface area (Å²) in [6.07, 6.45) is 1.02. The standard InChI is InChI=1S/C18H29NO/c1-6-16-7-9-17(10-8-16)18(20)13-19(11-14(2)3)12-15(4)5/h7-10,14-15H,6,11-13H2,1-5H3. The van der Waals surface area contributed by atoms with E-state index in [1.807, 2.05) is 12.1 Å².